The molecule has 0 atom stereocenters. The lowest BCUT2D eigenvalue weighted by Crippen LogP contribution is -2.39. The Hall–Kier alpha value is -2.50. The molecule has 1 N–H and O–H groups in total. The highest BCUT2D eigenvalue weighted by molar-refractivity contribution is 5.76. The fourth-order valence-electron chi connectivity index (χ4n) is 3.17. The molecule has 1 heterocycles. The average Bonchev–Trinajstić information content (AvgIpc) is 2.86. The Kier molecular flexibility index (Phi) is 5.58. The first-order chi connectivity index (χ1) is 12.1. The van der Waals surface area contributed by atoms with Gasteiger partial charge < -0.3 is 5.32 Å². The largest absolute Gasteiger partial charge is 0.352 e. The van der Waals surface area contributed by atoms with E-state index in [1.54, 1.807) is 18.2 Å². The second-order valence-corrected chi connectivity index (χ2v) is 6.48. The summed E-state index contributed by atoms with van der Waals surface area (Å²) in [6, 6.07) is 9.01. The maximum atomic E-state index is 13.0. The van der Waals surface area contributed by atoms with Gasteiger partial charge in [-0.3, -0.25) is 9.59 Å². The highest BCUT2D eigenvalue weighted by Crippen LogP contribution is 2.17. The van der Waals surface area contributed by atoms with Crippen molar-refractivity contribution in [1.29, 1.82) is 0 Å². The third-order valence-corrected chi connectivity index (χ3v) is 4.52. The van der Waals surface area contributed by atoms with E-state index >= 15 is 0 Å². The highest BCUT2D eigenvalue weighted by atomic mass is 19.1. The van der Waals surface area contributed by atoms with E-state index in [-0.39, 0.29) is 29.9 Å². The number of amides is 1. The van der Waals surface area contributed by atoms with Crippen LogP contribution in [-0.2, 0) is 11.3 Å². The molecule has 2 aromatic rings. The fourth-order valence-corrected chi connectivity index (χ4v) is 3.17. The SMILES string of the molecule is O=C(Cn1nc(-c2ccc(F)cc2)ccc1=O)NC1CCCCCC1. The maximum absolute atomic E-state index is 13.0. The van der Waals surface area contributed by atoms with Crippen molar-refractivity contribution in [2.75, 3.05) is 0 Å². The molecule has 5 nitrogen and oxygen atoms in total. The van der Waals surface area contributed by atoms with Gasteiger partial charge in [0.2, 0.25) is 5.91 Å². The maximum Gasteiger partial charge on any atom is 0.267 e. The first-order valence-electron chi connectivity index (χ1n) is 8.75. The van der Waals surface area contributed by atoms with E-state index < -0.39 is 0 Å². The van der Waals surface area contributed by atoms with Crippen LogP contribution < -0.4 is 10.9 Å². The highest BCUT2D eigenvalue weighted by Gasteiger charge is 2.15. The predicted octanol–water partition coefficient (Wildman–Crippen LogP) is 2.89. The van der Waals surface area contributed by atoms with Gasteiger partial charge in [-0.2, -0.15) is 5.10 Å². The van der Waals surface area contributed by atoms with Crippen LogP contribution in [0.1, 0.15) is 38.5 Å². The Labute approximate surface area is 145 Å². The normalized spacial score (nSPS) is 15.6. The summed E-state index contributed by atoms with van der Waals surface area (Å²) in [5.74, 6) is -0.530. The number of aromatic nitrogens is 2. The molecule has 0 aliphatic heterocycles. The molecule has 6 heteroatoms. The van der Waals surface area contributed by atoms with Crippen LogP contribution in [0, 0.1) is 5.82 Å². The minimum Gasteiger partial charge on any atom is -0.352 e. The van der Waals surface area contributed by atoms with Gasteiger partial charge >= 0.3 is 0 Å². The number of halogens is 1. The van der Waals surface area contributed by atoms with Gasteiger partial charge in [0, 0.05) is 17.7 Å². The standard InChI is InChI=1S/C19H22FN3O2/c20-15-9-7-14(8-10-15)17-11-12-19(25)23(22-17)13-18(24)21-16-5-3-1-2-4-6-16/h7-12,16H,1-6,13H2,(H,21,24). The quantitative estimate of drug-likeness (QED) is 0.868. The van der Waals surface area contributed by atoms with Gasteiger partial charge in [0.1, 0.15) is 12.4 Å². The topological polar surface area (TPSA) is 64.0 Å². The van der Waals surface area contributed by atoms with E-state index in [0.29, 0.717) is 11.3 Å². The van der Waals surface area contributed by atoms with E-state index in [2.05, 4.69) is 10.4 Å². The molecular weight excluding hydrogens is 321 g/mol. The number of benzene rings is 1. The second-order valence-electron chi connectivity index (χ2n) is 6.48. The summed E-state index contributed by atoms with van der Waals surface area (Å²) in [7, 11) is 0. The Morgan fingerprint density at radius 1 is 1.08 bits per heavy atom. The van der Waals surface area contributed by atoms with Crippen LogP contribution in [-0.4, -0.2) is 21.7 Å². The molecular formula is C19H22FN3O2. The molecule has 1 fully saturated rings. The zero-order valence-corrected chi connectivity index (χ0v) is 14.1. The first-order valence-corrected chi connectivity index (χ1v) is 8.75. The number of hydrogen-bond donors (Lipinski definition) is 1. The van der Waals surface area contributed by atoms with Crippen LogP contribution in [0.2, 0.25) is 0 Å². The summed E-state index contributed by atoms with van der Waals surface area (Å²) in [6.07, 6.45) is 6.67. The lowest BCUT2D eigenvalue weighted by Gasteiger charge is -2.16. The molecule has 1 saturated carbocycles. The molecule has 0 radical (unpaired) electrons. The van der Waals surface area contributed by atoms with Crippen LogP contribution in [0.4, 0.5) is 4.39 Å². The van der Waals surface area contributed by atoms with Crippen LogP contribution >= 0.6 is 0 Å². The van der Waals surface area contributed by atoms with Crippen molar-refractivity contribution in [3.63, 3.8) is 0 Å². The van der Waals surface area contributed by atoms with Crippen molar-refractivity contribution in [3.05, 3.63) is 52.6 Å². The molecule has 0 unspecified atom stereocenters. The predicted molar refractivity (Wildman–Crippen MR) is 93.5 cm³/mol. The minimum absolute atomic E-state index is 0.107. The number of carbonyl (C=O) groups excluding carboxylic acids is 1. The Balaban J connectivity index is 1.71. The Bertz CT molecular complexity index is 778. The van der Waals surface area contributed by atoms with Crippen molar-refractivity contribution in [3.8, 4) is 11.3 Å². The number of nitrogens with zero attached hydrogens (tertiary/aromatic N) is 2. The fraction of sp³-hybridized carbons (Fsp3) is 0.421. The molecule has 0 saturated heterocycles. The number of carbonyl (C=O) groups is 1. The summed E-state index contributed by atoms with van der Waals surface area (Å²) in [4.78, 5) is 24.3. The summed E-state index contributed by atoms with van der Waals surface area (Å²) in [5, 5.41) is 7.26. The van der Waals surface area contributed by atoms with E-state index in [4.69, 9.17) is 0 Å². The van der Waals surface area contributed by atoms with Crippen LogP contribution in [0.15, 0.2) is 41.2 Å². The molecule has 25 heavy (non-hydrogen) atoms. The molecule has 3 rings (SSSR count). The zero-order valence-electron chi connectivity index (χ0n) is 14.1. The van der Waals surface area contributed by atoms with Gasteiger partial charge in [0.05, 0.1) is 5.69 Å². The molecule has 132 valence electrons. The van der Waals surface area contributed by atoms with Crippen molar-refractivity contribution in [2.45, 2.75) is 51.1 Å². The van der Waals surface area contributed by atoms with E-state index in [0.717, 1.165) is 30.4 Å². The zero-order chi connectivity index (χ0) is 17.6. The molecule has 0 bridgehead atoms. The van der Waals surface area contributed by atoms with Gasteiger partial charge in [-0.25, -0.2) is 9.07 Å². The van der Waals surface area contributed by atoms with Gasteiger partial charge in [-0.1, -0.05) is 25.7 Å². The average molecular weight is 343 g/mol. The third-order valence-electron chi connectivity index (χ3n) is 4.52. The summed E-state index contributed by atoms with van der Waals surface area (Å²) in [5.41, 5.74) is 0.892. The van der Waals surface area contributed by atoms with Crippen molar-refractivity contribution >= 4 is 5.91 Å². The monoisotopic (exact) mass is 343 g/mol. The summed E-state index contributed by atoms with van der Waals surface area (Å²) >= 11 is 0. The minimum atomic E-state index is -0.333. The third kappa shape index (κ3) is 4.75. The summed E-state index contributed by atoms with van der Waals surface area (Å²) in [6.45, 7) is -0.107. The van der Waals surface area contributed by atoms with Gasteiger partial charge in [0.25, 0.3) is 5.56 Å². The number of hydrogen-bond acceptors (Lipinski definition) is 3. The first kappa shape index (κ1) is 17.3. The molecule has 1 amide bonds. The van der Waals surface area contributed by atoms with Crippen LogP contribution in [0.3, 0.4) is 0 Å². The molecule has 0 spiro atoms. The Morgan fingerprint density at radius 3 is 2.44 bits per heavy atom. The van der Waals surface area contributed by atoms with Crippen molar-refractivity contribution in [1.82, 2.24) is 15.1 Å². The van der Waals surface area contributed by atoms with E-state index in [1.165, 1.54) is 31.0 Å². The molecule has 1 aromatic heterocycles. The van der Waals surface area contributed by atoms with Gasteiger partial charge in [-0.05, 0) is 43.2 Å². The van der Waals surface area contributed by atoms with Gasteiger partial charge in [-0.15, -0.1) is 0 Å². The van der Waals surface area contributed by atoms with Crippen LogP contribution in [0.25, 0.3) is 11.3 Å². The van der Waals surface area contributed by atoms with Crippen molar-refractivity contribution in [2.24, 2.45) is 0 Å². The van der Waals surface area contributed by atoms with Crippen molar-refractivity contribution < 1.29 is 9.18 Å². The lowest BCUT2D eigenvalue weighted by molar-refractivity contribution is -0.122. The lowest BCUT2D eigenvalue weighted by atomic mass is 10.1. The van der Waals surface area contributed by atoms with E-state index in [9.17, 15) is 14.0 Å². The molecule has 1 aromatic carbocycles. The Morgan fingerprint density at radius 2 is 1.76 bits per heavy atom. The van der Waals surface area contributed by atoms with Gasteiger partial charge in [0.15, 0.2) is 0 Å². The van der Waals surface area contributed by atoms with Crippen LogP contribution in [0.5, 0.6) is 0 Å². The molecule has 1 aliphatic rings. The smallest absolute Gasteiger partial charge is 0.267 e. The second kappa shape index (κ2) is 8.05. The summed E-state index contributed by atoms with van der Waals surface area (Å²) < 4.78 is 14.2. The molecule has 1 aliphatic carbocycles. The van der Waals surface area contributed by atoms with E-state index in [1.807, 2.05) is 0 Å². The number of rotatable bonds is 4. The number of nitrogens with one attached hydrogen (secondary N) is 1.